The minimum Gasteiger partial charge on any atom is -0.493 e. The molecule has 1 saturated carbocycles. The Morgan fingerprint density at radius 3 is 2.67 bits per heavy atom. The Morgan fingerprint density at radius 2 is 2.14 bits per heavy atom. The van der Waals surface area contributed by atoms with Crippen molar-refractivity contribution in [3.05, 3.63) is 23.8 Å². The van der Waals surface area contributed by atoms with Gasteiger partial charge in [-0.15, -0.1) is 0 Å². The zero-order valence-electron chi connectivity index (χ0n) is 11.8. The number of nitrogens with one attached hydrogen (secondary N) is 1. The number of benzene rings is 1. The summed E-state index contributed by atoms with van der Waals surface area (Å²) in [5.41, 5.74) is 0.192. The Morgan fingerprint density at radius 1 is 1.43 bits per heavy atom. The van der Waals surface area contributed by atoms with Gasteiger partial charge in [0.15, 0.2) is 0 Å². The summed E-state index contributed by atoms with van der Waals surface area (Å²) in [5, 5.41) is 2.82. The molecule has 0 unspecified atom stereocenters. The molecule has 7 heteroatoms. The Labute approximate surface area is 129 Å². The fraction of sp³-hybridized carbons (Fsp3) is 0.500. The molecule has 1 N–H and O–H groups in total. The number of ether oxygens (including phenoxy) is 1. The molecule has 0 bridgehead atoms. The molecule has 0 spiro atoms. The molecule has 0 saturated heterocycles. The van der Waals surface area contributed by atoms with Gasteiger partial charge in [-0.25, -0.2) is 8.42 Å². The Hall–Kier alpha value is -1.27. The predicted octanol–water partition coefficient (Wildman–Crippen LogP) is 2.54. The van der Waals surface area contributed by atoms with Crippen molar-refractivity contribution >= 4 is 25.6 Å². The van der Waals surface area contributed by atoms with Gasteiger partial charge >= 0.3 is 0 Å². The molecule has 1 aliphatic carbocycles. The molecule has 1 fully saturated rings. The van der Waals surface area contributed by atoms with Crippen molar-refractivity contribution in [2.45, 2.75) is 31.1 Å². The smallest absolute Gasteiger partial charge is 0.261 e. The summed E-state index contributed by atoms with van der Waals surface area (Å²) in [7, 11) is 1.44. The topological polar surface area (TPSA) is 72.5 Å². The highest BCUT2D eigenvalue weighted by Crippen LogP contribution is 2.27. The first-order chi connectivity index (χ1) is 9.91. The zero-order chi connectivity index (χ0) is 15.5. The molecule has 1 aromatic rings. The van der Waals surface area contributed by atoms with Crippen LogP contribution in [0, 0.1) is 5.92 Å². The second kappa shape index (κ2) is 6.66. The fourth-order valence-corrected chi connectivity index (χ4v) is 2.93. The molecule has 0 heterocycles. The molecule has 116 valence electrons. The summed E-state index contributed by atoms with van der Waals surface area (Å²) in [6.07, 6.45) is 3.44. The van der Waals surface area contributed by atoms with E-state index in [-0.39, 0.29) is 16.4 Å². The highest BCUT2D eigenvalue weighted by molar-refractivity contribution is 8.13. The SMILES string of the molecule is CCOc1ccc(S(=O)(=O)Cl)cc1C(=O)NCC1CCC1. The Balaban J connectivity index is 2.22. The van der Waals surface area contributed by atoms with Crippen LogP contribution in [-0.2, 0) is 9.05 Å². The third kappa shape index (κ3) is 4.11. The summed E-state index contributed by atoms with van der Waals surface area (Å²) in [6.45, 7) is 2.78. The van der Waals surface area contributed by atoms with E-state index in [0.717, 1.165) is 12.8 Å². The van der Waals surface area contributed by atoms with Gasteiger partial charge in [-0.1, -0.05) is 6.42 Å². The van der Waals surface area contributed by atoms with E-state index in [2.05, 4.69) is 5.32 Å². The van der Waals surface area contributed by atoms with Gasteiger partial charge in [-0.05, 0) is 43.9 Å². The first kappa shape index (κ1) is 16.1. The lowest BCUT2D eigenvalue weighted by atomic mass is 9.85. The van der Waals surface area contributed by atoms with Crippen molar-refractivity contribution < 1.29 is 17.9 Å². The maximum Gasteiger partial charge on any atom is 0.261 e. The number of carbonyl (C=O) groups is 1. The van der Waals surface area contributed by atoms with Crippen molar-refractivity contribution in [1.29, 1.82) is 0 Å². The molecule has 21 heavy (non-hydrogen) atoms. The van der Waals surface area contributed by atoms with Crippen LogP contribution in [0.4, 0.5) is 0 Å². The van der Waals surface area contributed by atoms with Crippen LogP contribution >= 0.6 is 10.7 Å². The van der Waals surface area contributed by atoms with Crippen molar-refractivity contribution in [3.8, 4) is 5.75 Å². The molecule has 1 aromatic carbocycles. The molecule has 1 amide bonds. The highest BCUT2D eigenvalue weighted by atomic mass is 35.7. The van der Waals surface area contributed by atoms with Crippen LogP contribution in [0.25, 0.3) is 0 Å². The largest absolute Gasteiger partial charge is 0.493 e. The first-order valence-corrected chi connectivity index (χ1v) is 9.22. The molecule has 5 nitrogen and oxygen atoms in total. The summed E-state index contributed by atoms with van der Waals surface area (Å²) >= 11 is 0. The normalized spacial score (nSPS) is 15.3. The maximum atomic E-state index is 12.2. The van der Waals surface area contributed by atoms with Gasteiger partial charge in [0.05, 0.1) is 17.1 Å². The molecule has 1 aliphatic rings. The summed E-state index contributed by atoms with van der Waals surface area (Å²) < 4.78 is 28.2. The summed E-state index contributed by atoms with van der Waals surface area (Å²) in [4.78, 5) is 12.1. The van der Waals surface area contributed by atoms with Crippen LogP contribution < -0.4 is 10.1 Å². The van der Waals surface area contributed by atoms with Gasteiger partial charge in [0.25, 0.3) is 15.0 Å². The summed E-state index contributed by atoms with van der Waals surface area (Å²) in [5.74, 6) is 0.532. The maximum absolute atomic E-state index is 12.2. The van der Waals surface area contributed by atoms with Gasteiger partial charge in [-0.2, -0.15) is 0 Å². The molecule has 0 atom stereocenters. The van der Waals surface area contributed by atoms with Gasteiger partial charge in [0.1, 0.15) is 5.75 Å². The minimum atomic E-state index is -3.88. The number of carbonyl (C=O) groups excluding carboxylic acids is 1. The van der Waals surface area contributed by atoms with E-state index in [9.17, 15) is 13.2 Å². The number of rotatable bonds is 6. The van der Waals surface area contributed by atoms with E-state index in [4.69, 9.17) is 15.4 Å². The average molecular weight is 332 g/mol. The van der Waals surface area contributed by atoms with E-state index in [1.807, 2.05) is 0 Å². The monoisotopic (exact) mass is 331 g/mol. The van der Waals surface area contributed by atoms with E-state index in [0.29, 0.717) is 24.8 Å². The Kier molecular flexibility index (Phi) is 5.11. The van der Waals surface area contributed by atoms with Crippen molar-refractivity contribution in [2.24, 2.45) is 5.92 Å². The van der Waals surface area contributed by atoms with Gasteiger partial charge in [0.2, 0.25) is 0 Å². The molecular formula is C14H18ClNO4S. The average Bonchev–Trinajstić information content (AvgIpc) is 2.36. The standard InChI is InChI=1S/C14H18ClNO4S/c1-2-20-13-7-6-11(21(15,18)19)8-12(13)14(17)16-9-10-4-3-5-10/h6-8,10H,2-5,9H2,1H3,(H,16,17). The molecule has 0 aliphatic heterocycles. The van der Waals surface area contributed by atoms with Crippen molar-refractivity contribution in [1.82, 2.24) is 5.32 Å². The predicted molar refractivity (Wildman–Crippen MR) is 80.3 cm³/mol. The molecule has 0 radical (unpaired) electrons. The van der Waals surface area contributed by atoms with Crippen LogP contribution in [0.2, 0.25) is 0 Å². The third-order valence-corrected chi connectivity index (χ3v) is 4.90. The number of hydrogen-bond donors (Lipinski definition) is 1. The lowest BCUT2D eigenvalue weighted by Gasteiger charge is -2.25. The minimum absolute atomic E-state index is 0.110. The highest BCUT2D eigenvalue weighted by Gasteiger charge is 2.21. The second-order valence-corrected chi connectivity index (χ2v) is 7.60. The molecule has 2 rings (SSSR count). The van der Waals surface area contributed by atoms with Crippen molar-refractivity contribution in [2.75, 3.05) is 13.2 Å². The fourth-order valence-electron chi connectivity index (χ4n) is 2.15. The lowest BCUT2D eigenvalue weighted by Crippen LogP contribution is -2.32. The number of halogens is 1. The molecular weight excluding hydrogens is 314 g/mol. The molecule has 0 aromatic heterocycles. The summed E-state index contributed by atoms with van der Waals surface area (Å²) in [6, 6.07) is 4.04. The second-order valence-electron chi connectivity index (χ2n) is 5.04. The van der Waals surface area contributed by atoms with Crippen LogP contribution in [0.15, 0.2) is 23.1 Å². The van der Waals surface area contributed by atoms with Crippen LogP contribution in [-0.4, -0.2) is 27.5 Å². The number of amides is 1. The van der Waals surface area contributed by atoms with Gasteiger partial charge in [-0.3, -0.25) is 4.79 Å². The van der Waals surface area contributed by atoms with Gasteiger partial charge < -0.3 is 10.1 Å². The van der Waals surface area contributed by atoms with Crippen molar-refractivity contribution in [3.63, 3.8) is 0 Å². The zero-order valence-corrected chi connectivity index (χ0v) is 13.3. The quantitative estimate of drug-likeness (QED) is 0.813. The van der Waals surface area contributed by atoms with Gasteiger partial charge in [0, 0.05) is 17.2 Å². The van der Waals surface area contributed by atoms with E-state index in [1.54, 1.807) is 6.92 Å². The Bertz CT molecular complexity index is 626. The van der Waals surface area contributed by atoms with Crippen LogP contribution in [0.1, 0.15) is 36.5 Å². The van der Waals surface area contributed by atoms with E-state index < -0.39 is 9.05 Å². The number of hydrogen-bond acceptors (Lipinski definition) is 4. The van der Waals surface area contributed by atoms with E-state index in [1.165, 1.54) is 24.6 Å². The van der Waals surface area contributed by atoms with E-state index >= 15 is 0 Å². The first-order valence-electron chi connectivity index (χ1n) is 6.91. The third-order valence-electron chi connectivity index (χ3n) is 3.55. The van der Waals surface area contributed by atoms with Crippen LogP contribution in [0.5, 0.6) is 5.75 Å². The van der Waals surface area contributed by atoms with Crippen LogP contribution in [0.3, 0.4) is 0 Å². The lowest BCUT2D eigenvalue weighted by molar-refractivity contribution is 0.0935.